The van der Waals surface area contributed by atoms with Crippen LogP contribution in [0.1, 0.15) is 25.3 Å². The van der Waals surface area contributed by atoms with Gasteiger partial charge in [-0.25, -0.2) is 15.0 Å². The highest BCUT2D eigenvalue weighted by atomic mass is 16.3. The number of aromatic nitrogens is 4. The fraction of sp³-hybridized carbons (Fsp3) is 0.0727. The van der Waals surface area contributed by atoms with E-state index in [9.17, 15) is 0 Å². The Morgan fingerprint density at radius 3 is 1.72 bits per heavy atom. The molecule has 0 spiro atoms. The van der Waals surface area contributed by atoms with Crippen LogP contribution in [-0.4, -0.2) is 19.5 Å². The molecule has 286 valence electrons. The molecule has 0 radical (unpaired) electrons. The normalized spacial score (nSPS) is 11.6. The van der Waals surface area contributed by atoms with Gasteiger partial charge >= 0.3 is 0 Å². The Kier molecular flexibility index (Phi) is 8.85. The summed E-state index contributed by atoms with van der Waals surface area (Å²) in [5.41, 5.74) is 14.1. The summed E-state index contributed by atoms with van der Waals surface area (Å²) in [5, 5.41) is 4.87. The maximum absolute atomic E-state index is 6.46. The first kappa shape index (κ1) is 35.5. The molecular formula is C55H40N4O. The number of nitrogens with zero attached hydrogens (tertiary/aromatic N) is 4. The van der Waals surface area contributed by atoms with Crippen molar-refractivity contribution in [3.63, 3.8) is 0 Å². The molecule has 0 aliphatic carbocycles. The second-order valence-corrected chi connectivity index (χ2v) is 15.5. The van der Waals surface area contributed by atoms with Crippen LogP contribution in [0.15, 0.2) is 192 Å². The van der Waals surface area contributed by atoms with Crippen LogP contribution >= 0.6 is 0 Å². The van der Waals surface area contributed by atoms with Gasteiger partial charge in [-0.1, -0.05) is 153 Å². The van der Waals surface area contributed by atoms with Crippen molar-refractivity contribution in [1.29, 1.82) is 0 Å². The summed E-state index contributed by atoms with van der Waals surface area (Å²) < 4.78 is 8.84. The van der Waals surface area contributed by atoms with Gasteiger partial charge in [0.15, 0.2) is 17.5 Å². The van der Waals surface area contributed by atoms with E-state index in [4.69, 9.17) is 19.4 Å². The van der Waals surface area contributed by atoms with Crippen LogP contribution in [0.2, 0.25) is 0 Å². The molecular weight excluding hydrogens is 733 g/mol. The van der Waals surface area contributed by atoms with E-state index in [1.807, 2.05) is 60.7 Å². The van der Waals surface area contributed by atoms with E-state index in [-0.39, 0.29) is 0 Å². The van der Waals surface area contributed by atoms with Crippen LogP contribution in [0.4, 0.5) is 0 Å². The molecule has 0 fully saturated rings. The van der Waals surface area contributed by atoms with Crippen LogP contribution < -0.4 is 0 Å². The fourth-order valence-electron chi connectivity index (χ4n) is 8.66. The minimum absolute atomic E-state index is 0.640. The highest BCUT2D eigenvalue weighted by Gasteiger charge is 2.17. The van der Waals surface area contributed by atoms with E-state index in [2.05, 4.69) is 139 Å². The zero-order valence-corrected chi connectivity index (χ0v) is 33.2. The Morgan fingerprint density at radius 1 is 0.417 bits per heavy atom. The molecule has 5 heteroatoms. The lowest BCUT2D eigenvalue weighted by Crippen LogP contribution is -2.00. The van der Waals surface area contributed by atoms with E-state index in [0.717, 1.165) is 67.7 Å². The van der Waals surface area contributed by atoms with Crippen molar-refractivity contribution in [3.05, 3.63) is 194 Å². The Labute approximate surface area is 348 Å². The molecule has 0 saturated heterocycles. The Balaban J connectivity index is 0.947. The lowest BCUT2D eigenvalue weighted by atomic mass is 9.99. The van der Waals surface area contributed by atoms with Gasteiger partial charge < -0.3 is 8.98 Å². The molecule has 8 aromatic carbocycles. The van der Waals surface area contributed by atoms with Crippen molar-refractivity contribution in [2.75, 3.05) is 0 Å². The number of benzene rings is 8. The van der Waals surface area contributed by atoms with Crippen LogP contribution in [0.25, 0.3) is 106 Å². The van der Waals surface area contributed by atoms with Crippen LogP contribution in [-0.2, 0) is 6.42 Å². The number of furan rings is 1. The molecule has 0 amide bonds. The molecule has 0 aliphatic rings. The lowest BCUT2D eigenvalue weighted by Gasteiger charge is -2.11. The van der Waals surface area contributed by atoms with Gasteiger partial charge in [0.25, 0.3) is 0 Å². The van der Waals surface area contributed by atoms with Crippen molar-refractivity contribution in [2.45, 2.75) is 26.2 Å². The van der Waals surface area contributed by atoms with Gasteiger partial charge in [-0.05, 0) is 89.2 Å². The third-order valence-corrected chi connectivity index (χ3v) is 11.7. The maximum atomic E-state index is 6.46. The van der Waals surface area contributed by atoms with Crippen molar-refractivity contribution in [1.82, 2.24) is 19.5 Å². The molecule has 11 aromatic rings. The highest BCUT2D eigenvalue weighted by Crippen LogP contribution is 2.39. The Bertz CT molecular complexity index is 3290. The van der Waals surface area contributed by atoms with Gasteiger partial charge in [-0.2, -0.15) is 0 Å². The van der Waals surface area contributed by atoms with E-state index in [0.29, 0.717) is 17.5 Å². The number of aryl methyl sites for hydroxylation is 1. The molecule has 3 aromatic heterocycles. The number of para-hydroxylation sites is 1. The minimum atomic E-state index is 0.640. The molecule has 0 saturated carbocycles. The smallest absolute Gasteiger partial charge is 0.164 e. The summed E-state index contributed by atoms with van der Waals surface area (Å²) in [6.07, 6.45) is 3.41. The predicted molar refractivity (Wildman–Crippen MR) is 247 cm³/mol. The molecule has 0 N–H and O–H groups in total. The third-order valence-electron chi connectivity index (χ3n) is 11.7. The quantitative estimate of drug-likeness (QED) is 0.147. The molecule has 3 heterocycles. The predicted octanol–water partition coefficient (Wildman–Crippen LogP) is 14.5. The van der Waals surface area contributed by atoms with Crippen LogP contribution in [0.3, 0.4) is 0 Å². The molecule has 0 bridgehead atoms. The average Bonchev–Trinajstić information content (AvgIpc) is 3.87. The number of hydrogen-bond acceptors (Lipinski definition) is 4. The SMILES string of the molecule is CCCCc1cccc2oc3cc(-c4ccc5c(c4)c4ccccc4n5-c4cccc(-c5ccc(-c6nc(-c7ccccc7)nc(-c7ccccc7)n6)cc5)c4)ccc3c12. The van der Waals surface area contributed by atoms with E-state index < -0.39 is 0 Å². The average molecular weight is 773 g/mol. The zero-order chi connectivity index (χ0) is 40.0. The summed E-state index contributed by atoms with van der Waals surface area (Å²) in [7, 11) is 0. The molecule has 0 unspecified atom stereocenters. The van der Waals surface area contributed by atoms with Crippen molar-refractivity contribution in [3.8, 4) is 62.1 Å². The first-order valence-electron chi connectivity index (χ1n) is 20.7. The first-order valence-corrected chi connectivity index (χ1v) is 20.7. The topological polar surface area (TPSA) is 56.7 Å². The molecule has 5 nitrogen and oxygen atoms in total. The minimum Gasteiger partial charge on any atom is -0.456 e. The third kappa shape index (κ3) is 6.32. The van der Waals surface area contributed by atoms with E-state index >= 15 is 0 Å². The van der Waals surface area contributed by atoms with Gasteiger partial charge in [0.05, 0.1) is 11.0 Å². The van der Waals surface area contributed by atoms with E-state index in [1.165, 1.54) is 45.5 Å². The standard InChI is InChI=1S/C55H40N4O/c1-2-3-14-37-19-13-24-50-52(37)46-31-29-43(35-51(46)60-50)42-30-32-49-47(34-42)45-22-10-11-23-48(45)59(49)44-21-12-20-41(33-44)36-25-27-40(28-26-36)55-57-53(38-15-6-4-7-16-38)56-54(58-55)39-17-8-5-9-18-39/h4-13,15-35H,2-3,14H2,1H3. The second-order valence-electron chi connectivity index (χ2n) is 15.5. The van der Waals surface area contributed by atoms with Crippen LogP contribution in [0, 0.1) is 0 Å². The van der Waals surface area contributed by atoms with Crippen molar-refractivity contribution >= 4 is 43.7 Å². The van der Waals surface area contributed by atoms with Gasteiger partial charge in [-0.3, -0.25) is 0 Å². The summed E-state index contributed by atoms with van der Waals surface area (Å²) in [5.74, 6) is 1.94. The number of fused-ring (bicyclic) bond motifs is 6. The molecule has 0 atom stereocenters. The largest absolute Gasteiger partial charge is 0.456 e. The summed E-state index contributed by atoms with van der Waals surface area (Å²) >= 11 is 0. The maximum Gasteiger partial charge on any atom is 0.164 e. The second kappa shape index (κ2) is 14.9. The lowest BCUT2D eigenvalue weighted by molar-refractivity contribution is 0.668. The van der Waals surface area contributed by atoms with Gasteiger partial charge in [0.1, 0.15) is 11.2 Å². The Morgan fingerprint density at radius 2 is 0.983 bits per heavy atom. The number of hydrogen-bond donors (Lipinski definition) is 0. The molecule has 60 heavy (non-hydrogen) atoms. The van der Waals surface area contributed by atoms with Crippen molar-refractivity contribution < 1.29 is 4.42 Å². The summed E-state index contributed by atoms with van der Waals surface area (Å²) in [6.45, 7) is 2.24. The summed E-state index contributed by atoms with van der Waals surface area (Å²) in [4.78, 5) is 14.7. The number of unbranched alkanes of at least 4 members (excludes halogenated alkanes) is 1. The highest BCUT2D eigenvalue weighted by molar-refractivity contribution is 6.11. The first-order chi connectivity index (χ1) is 29.7. The molecule has 11 rings (SSSR count). The van der Waals surface area contributed by atoms with Gasteiger partial charge in [-0.15, -0.1) is 0 Å². The summed E-state index contributed by atoms with van der Waals surface area (Å²) in [6, 6.07) is 66.2. The number of rotatable bonds is 9. The van der Waals surface area contributed by atoms with Crippen molar-refractivity contribution in [2.24, 2.45) is 0 Å². The van der Waals surface area contributed by atoms with Gasteiger partial charge in [0.2, 0.25) is 0 Å². The fourth-order valence-corrected chi connectivity index (χ4v) is 8.66. The van der Waals surface area contributed by atoms with E-state index in [1.54, 1.807) is 0 Å². The Hall–Kier alpha value is -7.63. The van der Waals surface area contributed by atoms with Crippen LogP contribution in [0.5, 0.6) is 0 Å². The van der Waals surface area contributed by atoms with Gasteiger partial charge in [0, 0.05) is 43.9 Å². The monoisotopic (exact) mass is 772 g/mol. The molecule has 0 aliphatic heterocycles. The zero-order valence-electron chi connectivity index (χ0n) is 33.2.